The predicted molar refractivity (Wildman–Crippen MR) is 124 cm³/mol. The van der Waals surface area contributed by atoms with Gasteiger partial charge in [0.15, 0.2) is 0 Å². The highest BCUT2D eigenvalue weighted by atomic mass is 35.5. The monoisotopic (exact) mass is 476 g/mol. The summed E-state index contributed by atoms with van der Waals surface area (Å²) in [5, 5.41) is 0.261. The number of morpholine rings is 1. The van der Waals surface area contributed by atoms with Crippen LogP contribution in [0, 0.1) is 0 Å². The fourth-order valence-corrected chi connectivity index (χ4v) is 5.51. The van der Waals surface area contributed by atoms with Gasteiger partial charge >= 0.3 is 0 Å². The third-order valence-corrected chi connectivity index (χ3v) is 8.25. The number of nitrogens with zero attached hydrogens (tertiary/aromatic N) is 2. The van der Waals surface area contributed by atoms with Crippen molar-refractivity contribution in [2.24, 2.45) is 0 Å². The van der Waals surface area contributed by atoms with Crippen LogP contribution in [0.5, 0.6) is 0 Å². The molecule has 8 heteroatoms. The fraction of sp³-hybridized carbons (Fsp3) is 0.458. The average molecular weight is 477 g/mol. The van der Waals surface area contributed by atoms with Gasteiger partial charge in [-0.2, -0.15) is 4.31 Å². The van der Waals surface area contributed by atoms with E-state index >= 15 is 0 Å². The van der Waals surface area contributed by atoms with Crippen LogP contribution in [0.25, 0.3) is 0 Å². The van der Waals surface area contributed by atoms with Gasteiger partial charge in [-0.25, -0.2) is 8.42 Å². The number of carbonyl (C=O) groups excluding carboxylic acids is 1. The van der Waals surface area contributed by atoms with Gasteiger partial charge in [0.1, 0.15) is 0 Å². The maximum Gasteiger partial charge on any atom is 0.255 e. The molecule has 4 rings (SSSR count). The maximum atomic E-state index is 13.5. The third kappa shape index (κ3) is 5.01. The molecule has 2 aromatic rings. The van der Waals surface area contributed by atoms with Gasteiger partial charge in [0.2, 0.25) is 10.0 Å². The van der Waals surface area contributed by atoms with Crippen molar-refractivity contribution >= 4 is 27.5 Å². The van der Waals surface area contributed by atoms with E-state index in [0.29, 0.717) is 38.8 Å². The molecule has 0 atom stereocenters. The van der Waals surface area contributed by atoms with E-state index in [0.717, 1.165) is 18.4 Å². The molecule has 1 aliphatic carbocycles. The first-order valence-electron chi connectivity index (χ1n) is 11.0. The molecule has 1 amide bonds. The molecule has 0 radical (unpaired) electrons. The molecule has 0 spiro atoms. The number of amides is 1. The van der Waals surface area contributed by atoms with Crippen molar-refractivity contribution in [3.8, 4) is 0 Å². The van der Waals surface area contributed by atoms with Gasteiger partial charge in [0.25, 0.3) is 5.91 Å². The van der Waals surface area contributed by atoms with Crippen molar-refractivity contribution in [2.45, 2.75) is 50.1 Å². The van der Waals surface area contributed by atoms with E-state index in [9.17, 15) is 13.2 Å². The lowest BCUT2D eigenvalue weighted by Gasteiger charge is -2.27. The minimum atomic E-state index is -3.71. The highest BCUT2D eigenvalue weighted by Gasteiger charge is 2.35. The van der Waals surface area contributed by atoms with Gasteiger partial charge in [-0.15, -0.1) is 0 Å². The molecule has 2 aromatic carbocycles. The first-order chi connectivity index (χ1) is 15.3. The molecule has 0 bridgehead atoms. The van der Waals surface area contributed by atoms with Crippen molar-refractivity contribution in [3.05, 3.63) is 64.2 Å². The van der Waals surface area contributed by atoms with Crippen LogP contribution < -0.4 is 0 Å². The molecule has 32 heavy (non-hydrogen) atoms. The van der Waals surface area contributed by atoms with Gasteiger partial charge in [-0.3, -0.25) is 4.79 Å². The maximum absolute atomic E-state index is 13.5. The van der Waals surface area contributed by atoms with Crippen molar-refractivity contribution in [2.75, 3.05) is 26.3 Å². The van der Waals surface area contributed by atoms with Crippen molar-refractivity contribution in [3.63, 3.8) is 0 Å². The van der Waals surface area contributed by atoms with Gasteiger partial charge in [-0.1, -0.05) is 49.7 Å². The molecule has 1 saturated heterocycles. The zero-order valence-corrected chi connectivity index (χ0v) is 20.0. The summed E-state index contributed by atoms with van der Waals surface area (Å²) in [4.78, 5) is 15.4. The van der Waals surface area contributed by atoms with Crippen LogP contribution in [0.2, 0.25) is 5.02 Å². The molecule has 2 aliphatic rings. The average Bonchev–Trinajstić information content (AvgIpc) is 3.63. The van der Waals surface area contributed by atoms with Crippen LogP contribution >= 0.6 is 11.6 Å². The topological polar surface area (TPSA) is 66.9 Å². The number of sulfonamides is 1. The standard InChI is InChI=1S/C24H29ClN2O4S/c1-17(2)19-5-3-18(4-6-19)16-27(20-7-8-20)24(28)22-15-21(9-10-23(22)25)32(29,30)26-11-13-31-14-12-26/h3-6,9-10,15,17,20H,7-8,11-14,16H2,1-2H3. The van der Waals surface area contributed by atoms with Crippen molar-refractivity contribution in [1.29, 1.82) is 0 Å². The van der Waals surface area contributed by atoms with Crippen molar-refractivity contribution in [1.82, 2.24) is 9.21 Å². The van der Waals surface area contributed by atoms with E-state index in [1.807, 2.05) is 4.90 Å². The summed E-state index contributed by atoms with van der Waals surface area (Å²) >= 11 is 6.38. The molecule has 6 nitrogen and oxygen atoms in total. The number of hydrogen-bond acceptors (Lipinski definition) is 4. The van der Waals surface area contributed by atoms with E-state index in [1.165, 1.54) is 28.1 Å². The van der Waals surface area contributed by atoms with Crippen LogP contribution in [0.1, 0.15) is 54.1 Å². The molecular formula is C24H29ClN2O4S. The number of rotatable bonds is 7. The van der Waals surface area contributed by atoms with E-state index in [2.05, 4.69) is 38.1 Å². The fourth-order valence-electron chi connectivity index (χ4n) is 3.88. The second-order valence-corrected chi connectivity index (χ2v) is 11.1. The van der Waals surface area contributed by atoms with Crippen LogP contribution in [0.4, 0.5) is 0 Å². The Labute approximate surface area is 195 Å². The van der Waals surface area contributed by atoms with Gasteiger partial charge < -0.3 is 9.64 Å². The van der Waals surface area contributed by atoms with E-state index < -0.39 is 10.0 Å². The lowest BCUT2D eigenvalue weighted by atomic mass is 10.0. The molecule has 0 unspecified atom stereocenters. The molecule has 1 heterocycles. The summed E-state index contributed by atoms with van der Waals surface area (Å²) in [7, 11) is -3.71. The summed E-state index contributed by atoms with van der Waals surface area (Å²) in [5.74, 6) is 0.213. The molecule has 1 aliphatic heterocycles. The molecule has 0 aromatic heterocycles. The smallest absolute Gasteiger partial charge is 0.255 e. The Morgan fingerprint density at radius 1 is 1.12 bits per heavy atom. The Morgan fingerprint density at radius 2 is 1.78 bits per heavy atom. The Balaban J connectivity index is 1.59. The van der Waals surface area contributed by atoms with Crippen molar-refractivity contribution < 1.29 is 17.9 Å². The minimum Gasteiger partial charge on any atom is -0.379 e. The highest BCUT2D eigenvalue weighted by molar-refractivity contribution is 7.89. The summed E-state index contributed by atoms with van der Waals surface area (Å²) in [5.41, 5.74) is 2.52. The molecule has 1 saturated carbocycles. The lowest BCUT2D eigenvalue weighted by molar-refractivity contribution is 0.0725. The molecule has 172 valence electrons. The zero-order chi connectivity index (χ0) is 22.9. The highest BCUT2D eigenvalue weighted by Crippen LogP contribution is 2.32. The molecule has 2 fully saturated rings. The molecular weight excluding hydrogens is 448 g/mol. The van der Waals surface area contributed by atoms with Gasteiger partial charge in [0.05, 0.1) is 28.7 Å². The summed E-state index contributed by atoms with van der Waals surface area (Å²) in [6.07, 6.45) is 1.89. The first-order valence-corrected chi connectivity index (χ1v) is 12.9. The Morgan fingerprint density at radius 3 is 2.38 bits per heavy atom. The minimum absolute atomic E-state index is 0.0872. The van der Waals surface area contributed by atoms with E-state index in [-0.39, 0.29) is 27.4 Å². The Bertz CT molecular complexity index is 1080. The number of ether oxygens (including phenoxy) is 1. The SMILES string of the molecule is CC(C)c1ccc(CN(C(=O)c2cc(S(=O)(=O)N3CCOCC3)ccc2Cl)C2CC2)cc1. The number of benzene rings is 2. The van der Waals surface area contributed by atoms with Crippen LogP contribution in [-0.2, 0) is 21.3 Å². The Kier molecular flexibility index (Phi) is 6.91. The third-order valence-electron chi connectivity index (χ3n) is 6.02. The molecule has 0 N–H and O–H groups in total. The van der Waals surface area contributed by atoms with Crippen LogP contribution in [0.3, 0.4) is 0 Å². The quantitative estimate of drug-likeness (QED) is 0.598. The Hall–Kier alpha value is -1.93. The van der Waals surface area contributed by atoms with Gasteiger partial charge in [0, 0.05) is 25.7 Å². The normalized spacial score (nSPS) is 17.5. The zero-order valence-electron chi connectivity index (χ0n) is 18.5. The summed E-state index contributed by atoms with van der Waals surface area (Å²) < 4.78 is 32.8. The predicted octanol–water partition coefficient (Wildman–Crippen LogP) is 4.29. The van der Waals surface area contributed by atoms with E-state index in [1.54, 1.807) is 0 Å². The largest absolute Gasteiger partial charge is 0.379 e. The number of hydrogen-bond donors (Lipinski definition) is 0. The van der Waals surface area contributed by atoms with E-state index in [4.69, 9.17) is 16.3 Å². The first kappa shape index (κ1) is 23.2. The summed E-state index contributed by atoms with van der Waals surface area (Å²) in [6, 6.07) is 12.9. The number of carbonyl (C=O) groups is 1. The van der Waals surface area contributed by atoms with Gasteiger partial charge in [-0.05, 0) is 48.1 Å². The second-order valence-electron chi connectivity index (χ2n) is 8.72. The lowest BCUT2D eigenvalue weighted by Crippen LogP contribution is -2.40. The van der Waals surface area contributed by atoms with Crippen LogP contribution in [0.15, 0.2) is 47.4 Å². The summed E-state index contributed by atoms with van der Waals surface area (Å²) in [6.45, 7) is 6.10. The van der Waals surface area contributed by atoms with Crippen LogP contribution in [-0.4, -0.2) is 55.9 Å². The number of halogens is 1. The second kappa shape index (κ2) is 9.51.